The average molecular weight is 80.1 g/mol. The van der Waals surface area contributed by atoms with Crippen molar-refractivity contribution in [3.05, 3.63) is 6.08 Å². The molecule has 0 aromatic carbocycles. The van der Waals surface area contributed by atoms with E-state index in [0.29, 0.717) is 0 Å². The molecule has 1 aliphatic heterocycles. The summed E-state index contributed by atoms with van der Waals surface area (Å²) in [5.41, 5.74) is 0. The third-order valence-electron chi connectivity index (χ3n) is 0.512. The van der Waals surface area contributed by atoms with Crippen molar-refractivity contribution in [3.8, 4) is 0 Å². The van der Waals surface area contributed by atoms with Gasteiger partial charge in [-0.25, -0.2) is 0 Å². The van der Waals surface area contributed by atoms with Gasteiger partial charge in [-0.05, 0) is 6.08 Å². The molecule has 0 aliphatic carbocycles. The van der Waals surface area contributed by atoms with E-state index in [1.165, 1.54) is 0 Å². The topological polar surface area (TPSA) is 24.7 Å². The fourth-order valence-corrected chi connectivity index (χ4v) is 0.268. The zero-order chi connectivity index (χ0) is 4.24. The van der Waals surface area contributed by atoms with Crippen molar-refractivity contribution in [3.63, 3.8) is 0 Å². The van der Waals surface area contributed by atoms with Crippen LogP contribution in [0.3, 0.4) is 0 Å². The third-order valence-corrected chi connectivity index (χ3v) is 0.512. The highest BCUT2D eigenvalue weighted by atomic mass is 15.2. The van der Waals surface area contributed by atoms with Crippen LogP contribution < -0.4 is 0 Å². The molecule has 0 fully saturated rings. The summed E-state index contributed by atoms with van der Waals surface area (Å²) in [5.74, 6) is 2.59. The largest absolute Gasteiger partial charge is 0.154 e. The van der Waals surface area contributed by atoms with Crippen LogP contribution in [0, 0.1) is 0 Å². The van der Waals surface area contributed by atoms with Crippen LogP contribution >= 0.6 is 0 Å². The van der Waals surface area contributed by atoms with Crippen LogP contribution in [0.1, 0.15) is 6.42 Å². The second kappa shape index (κ2) is 1.53. The Bertz CT molecular complexity index is 118. The first kappa shape index (κ1) is 3.32. The molecule has 30 valence electrons. The molecule has 0 unspecified atom stereocenters. The lowest BCUT2D eigenvalue weighted by molar-refractivity contribution is 1.23. The summed E-state index contributed by atoms with van der Waals surface area (Å²) in [5, 5.41) is 6.98. The Morgan fingerprint density at radius 1 is 1.67 bits per heavy atom. The summed E-state index contributed by atoms with van der Waals surface area (Å²) in [6, 6.07) is 0. The van der Waals surface area contributed by atoms with Crippen molar-refractivity contribution < 1.29 is 0 Å². The van der Waals surface area contributed by atoms with Crippen LogP contribution in [0.2, 0.25) is 0 Å². The zero-order valence-electron chi connectivity index (χ0n) is 3.26. The average Bonchev–Trinajstić information content (AvgIpc) is 1.72. The number of hydrogen-bond donors (Lipinski definition) is 0. The quantitative estimate of drug-likeness (QED) is 0.407. The Hall–Kier alpha value is -0.880. The predicted octanol–water partition coefficient (Wildman–Crippen LogP) is 0.602. The molecule has 0 N–H and O–H groups in total. The summed E-state index contributed by atoms with van der Waals surface area (Å²) in [6.07, 6.45) is 4.44. The SMILES string of the molecule is C1=CCC=NN=1. The molecule has 0 amide bonds. The Kier molecular flexibility index (Phi) is 0.845. The molecular weight excluding hydrogens is 76.1 g/mol. The van der Waals surface area contributed by atoms with E-state index in [1.807, 2.05) is 6.08 Å². The molecule has 2 nitrogen and oxygen atoms in total. The lowest BCUT2D eigenvalue weighted by Gasteiger charge is -1.76. The van der Waals surface area contributed by atoms with Gasteiger partial charge in [-0.2, -0.15) is 5.10 Å². The molecule has 0 saturated carbocycles. The Balaban J connectivity index is 2.78. The molecule has 0 saturated heterocycles. The van der Waals surface area contributed by atoms with Gasteiger partial charge in [0.05, 0.1) is 0 Å². The van der Waals surface area contributed by atoms with Crippen LogP contribution in [0.5, 0.6) is 0 Å². The van der Waals surface area contributed by atoms with Gasteiger partial charge in [0.25, 0.3) is 0 Å². The Labute approximate surface area is 35.9 Å². The highest BCUT2D eigenvalue weighted by Gasteiger charge is 1.71. The fourth-order valence-electron chi connectivity index (χ4n) is 0.268. The number of rotatable bonds is 0. The predicted molar refractivity (Wildman–Crippen MR) is 25.1 cm³/mol. The second-order valence-electron chi connectivity index (χ2n) is 0.967. The monoisotopic (exact) mass is 80.0 g/mol. The van der Waals surface area contributed by atoms with E-state index in [9.17, 15) is 0 Å². The van der Waals surface area contributed by atoms with Crippen LogP contribution in [0.25, 0.3) is 0 Å². The molecule has 1 heterocycles. The van der Waals surface area contributed by atoms with Crippen LogP contribution in [0.15, 0.2) is 16.3 Å². The van der Waals surface area contributed by atoms with E-state index in [0.717, 1.165) is 6.42 Å². The van der Waals surface area contributed by atoms with E-state index in [2.05, 4.69) is 16.1 Å². The Morgan fingerprint density at radius 2 is 2.67 bits per heavy atom. The molecule has 1 aliphatic rings. The van der Waals surface area contributed by atoms with E-state index < -0.39 is 0 Å². The summed E-state index contributed by atoms with van der Waals surface area (Å²) in [6.45, 7) is 0. The van der Waals surface area contributed by atoms with Gasteiger partial charge < -0.3 is 0 Å². The van der Waals surface area contributed by atoms with E-state index in [-0.39, 0.29) is 0 Å². The molecule has 0 radical (unpaired) electrons. The first-order valence-electron chi connectivity index (χ1n) is 1.79. The smallest absolute Gasteiger partial charge is 0.0322 e. The molecule has 0 aromatic rings. The minimum atomic E-state index is 0.878. The molecule has 0 atom stereocenters. The van der Waals surface area contributed by atoms with Crippen LogP contribution in [-0.4, -0.2) is 12.1 Å². The molecular formula is C4H4N2. The van der Waals surface area contributed by atoms with E-state index in [1.54, 1.807) is 6.21 Å². The van der Waals surface area contributed by atoms with Crippen LogP contribution in [0.4, 0.5) is 0 Å². The fraction of sp³-hybridized carbons (Fsp3) is 0.250. The Morgan fingerprint density at radius 3 is 2.83 bits per heavy atom. The van der Waals surface area contributed by atoms with E-state index >= 15 is 0 Å². The lowest BCUT2D eigenvalue weighted by Crippen LogP contribution is -1.72. The lowest BCUT2D eigenvalue weighted by atomic mass is 10.4. The van der Waals surface area contributed by atoms with Gasteiger partial charge in [0.2, 0.25) is 0 Å². The van der Waals surface area contributed by atoms with Gasteiger partial charge in [0.15, 0.2) is 0 Å². The molecule has 2 heteroatoms. The van der Waals surface area contributed by atoms with Gasteiger partial charge in [0.1, 0.15) is 0 Å². The number of nitrogens with zero attached hydrogens (tertiary/aromatic N) is 2. The second-order valence-corrected chi connectivity index (χ2v) is 0.967. The summed E-state index contributed by atoms with van der Waals surface area (Å²) in [4.78, 5) is 0. The molecule has 0 bridgehead atoms. The first-order chi connectivity index (χ1) is 3.00. The summed E-state index contributed by atoms with van der Waals surface area (Å²) < 4.78 is 0. The number of allylic oxidation sites excluding steroid dienone is 1. The van der Waals surface area contributed by atoms with Gasteiger partial charge in [-0.15, -0.1) is 5.10 Å². The van der Waals surface area contributed by atoms with Crippen molar-refractivity contribution in [2.45, 2.75) is 6.42 Å². The van der Waals surface area contributed by atoms with Crippen molar-refractivity contribution >= 4 is 12.1 Å². The van der Waals surface area contributed by atoms with Gasteiger partial charge in [-0.1, -0.05) is 0 Å². The molecule has 0 spiro atoms. The first-order valence-corrected chi connectivity index (χ1v) is 1.79. The maximum Gasteiger partial charge on any atom is 0.0322 e. The molecule has 6 heavy (non-hydrogen) atoms. The van der Waals surface area contributed by atoms with Gasteiger partial charge in [0, 0.05) is 18.5 Å². The van der Waals surface area contributed by atoms with Crippen LogP contribution in [-0.2, 0) is 0 Å². The number of hydrogen-bond acceptors (Lipinski definition) is 2. The highest BCUT2D eigenvalue weighted by molar-refractivity contribution is 5.68. The molecule has 1 rings (SSSR count). The molecule has 0 aromatic heterocycles. The van der Waals surface area contributed by atoms with Crippen molar-refractivity contribution in [2.24, 2.45) is 10.2 Å². The minimum absolute atomic E-state index is 0.878. The van der Waals surface area contributed by atoms with Gasteiger partial charge >= 0.3 is 0 Å². The third kappa shape index (κ3) is 0.535. The van der Waals surface area contributed by atoms with Crippen molar-refractivity contribution in [1.82, 2.24) is 0 Å². The minimum Gasteiger partial charge on any atom is -0.154 e. The van der Waals surface area contributed by atoms with Crippen molar-refractivity contribution in [2.75, 3.05) is 0 Å². The zero-order valence-corrected chi connectivity index (χ0v) is 3.26. The van der Waals surface area contributed by atoms with Gasteiger partial charge in [-0.3, -0.25) is 0 Å². The van der Waals surface area contributed by atoms with E-state index in [4.69, 9.17) is 0 Å². The standard InChI is InChI=1S/C4H4N2/c1-2-4-6-5-3-1/h1,4H,2H2. The maximum absolute atomic E-state index is 3.53. The highest BCUT2D eigenvalue weighted by Crippen LogP contribution is 1.78. The normalized spacial score (nSPS) is 16.0. The maximum atomic E-state index is 3.53. The van der Waals surface area contributed by atoms with Crippen molar-refractivity contribution in [1.29, 1.82) is 0 Å². The summed E-state index contributed by atoms with van der Waals surface area (Å²) in [7, 11) is 0. The summed E-state index contributed by atoms with van der Waals surface area (Å²) >= 11 is 0.